The standard InChI is InChI=1S/C14H22N2O/c1-14(17,13-8-4-2-5-9-13)12-15-16-10-6-3-7-11-16/h2,4-5,8-9,15,17H,3,6-7,10-12H2,1H3. The first-order valence-corrected chi connectivity index (χ1v) is 6.45. The third-order valence-corrected chi connectivity index (χ3v) is 3.40. The fraction of sp³-hybridized carbons (Fsp3) is 0.571. The Bertz CT molecular complexity index is 331. The van der Waals surface area contributed by atoms with Crippen LogP contribution in [0.15, 0.2) is 30.3 Å². The van der Waals surface area contributed by atoms with Crippen molar-refractivity contribution in [3.63, 3.8) is 0 Å². The van der Waals surface area contributed by atoms with Gasteiger partial charge in [0, 0.05) is 19.6 Å². The quantitative estimate of drug-likeness (QED) is 0.835. The van der Waals surface area contributed by atoms with Crippen molar-refractivity contribution < 1.29 is 5.11 Å². The maximum Gasteiger partial charge on any atom is 0.101 e. The SMILES string of the molecule is CC(O)(CNN1CCCCC1)c1ccccc1. The van der Waals surface area contributed by atoms with Gasteiger partial charge in [-0.2, -0.15) is 0 Å². The van der Waals surface area contributed by atoms with Gasteiger partial charge in [0.1, 0.15) is 5.60 Å². The molecule has 94 valence electrons. The van der Waals surface area contributed by atoms with Crippen LogP contribution in [0, 0.1) is 0 Å². The molecule has 1 saturated heterocycles. The van der Waals surface area contributed by atoms with Gasteiger partial charge in [-0.3, -0.25) is 5.43 Å². The summed E-state index contributed by atoms with van der Waals surface area (Å²) in [6.07, 6.45) is 3.83. The third kappa shape index (κ3) is 3.53. The molecule has 0 bridgehead atoms. The second-order valence-corrected chi connectivity index (χ2v) is 5.02. The Morgan fingerprint density at radius 3 is 2.47 bits per heavy atom. The Balaban J connectivity index is 1.88. The van der Waals surface area contributed by atoms with E-state index in [9.17, 15) is 5.11 Å². The van der Waals surface area contributed by atoms with Gasteiger partial charge < -0.3 is 5.11 Å². The molecule has 0 saturated carbocycles. The number of nitrogens with one attached hydrogen (secondary N) is 1. The van der Waals surface area contributed by atoms with Crippen LogP contribution in [0.25, 0.3) is 0 Å². The molecule has 0 aromatic heterocycles. The molecule has 1 aromatic rings. The summed E-state index contributed by atoms with van der Waals surface area (Å²) in [5, 5.41) is 12.7. The van der Waals surface area contributed by atoms with Gasteiger partial charge in [-0.1, -0.05) is 36.8 Å². The molecule has 0 spiro atoms. The highest BCUT2D eigenvalue weighted by atomic mass is 16.3. The molecular weight excluding hydrogens is 212 g/mol. The number of benzene rings is 1. The van der Waals surface area contributed by atoms with Crippen molar-refractivity contribution in [1.29, 1.82) is 0 Å². The van der Waals surface area contributed by atoms with Gasteiger partial charge in [-0.05, 0) is 25.3 Å². The topological polar surface area (TPSA) is 35.5 Å². The average molecular weight is 234 g/mol. The summed E-state index contributed by atoms with van der Waals surface area (Å²) >= 11 is 0. The van der Waals surface area contributed by atoms with E-state index < -0.39 is 5.60 Å². The Labute approximate surface area is 103 Å². The van der Waals surface area contributed by atoms with Crippen LogP contribution in [-0.4, -0.2) is 29.7 Å². The number of hydrazine groups is 1. The second-order valence-electron chi connectivity index (χ2n) is 5.02. The maximum absolute atomic E-state index is 10.4. The number of rotatable bonds is 4. The van der Waals surface area contributed by atoms with Gasteiger partial charge in [0.15, 0.2) is 0 Å². The van der Waals surface area contributed by atoms with Crippen LogP contribution < -0.4 is 5.43 Å². The van der Waals surface area contributed by atoms with Crippen molar-refractivity contribution in [3.8, 4) is 0 Å². The van der Waals surface area contributed by atoms with E-state index in [0.29, 0.717) is 6.54 Å². The van der Waals surface area contributed by atoms with Crippen LogP contribution >= 0.6 is 0 Å². The van der Waals surface area contributed by atoms with E-state index in [1.165, 1.54) is 19.3 Å². The molecule has 1 heterocycles. The molecule has 17 heavy (non-hydrogen) atoms. The molecule has 3 heteroatoms. The molecule has 1 aliphatic rings. The number of nitrogens with zero attached hydrogens (tertiary/aromatic N) is 1. The van der Waals surface area contributed by atoms with Gasteiger partial charge in [0.2, 0.25) is 0 Å². The number of hydrogen-bond acceptors (Lipinski definition) is 3. The molecule has 2 rings (SSSR count). The summed E-state index contributed by atoms with van der Waals surface area (Å²) in [6.45, 7) is 4.60. The molecule has 0 amide bonds. The van der Waals surface area contributed by atoms with Crippen LogP contribution in [0.2, 0.25) is 0 Å². The first-order valence-electron chi connectivity index (χ1n) is 6.45. The average Bonchev–Trinajstić information content (AvgIpc) is 2.39. The summed E-state index contributed by atoms with van der Waals surface area (Å²) < 4.78 is 0. The van der Waals surface area contributed by atoms with Crippen molar-refractivity contribution in [2.75, 3.05) is 19.6 Å². The monoisotopic (exact) mass is 234 g/mol. The van der Waals surface area contributed by atoms with E-state index in [0.717, 1.165) is 18.7 Å². The fourth-order valence-corrected chi connectivity index (χ4v) is 2.22. The van der Waals surface area contributed by atoms with Crippen LogP contribution in [0.3, 0.4) is 0 Å². The molecule has 0 radical (unpaired) electrons. The molecule has 1 aromatic carbocycles. The molecule has 1 atom stereocenters. The first-order chi connectivity index (χ1) is 8.18. The molecular formula is C14H22N2O. The van der Waals surface area contributed by atoms with Crippen LogP contribution in [-0.2, 0) is 5.60 Å². The third-order valence-electron chi connectivity index (χ3n) is 3.40. The van der Waals surface area contributed by atoms with Crippen molar-refractivity contribution in [2.45, 2.75) is 31.8 Å². The normalized spacial score (nSPS) is 21.1. The highest BCUT2D eigenvalue weighted by molar-refractivity contribution is 5.21. The molecule has 1 aliphatic heterocycles. The van der Waals surface area contributed by atoms with Crippen molar-refractivity contribution >= 4 is 0 Å². The largest absolute Gasteiger partial charge is 0.384 e. The predicted molar refractivity (Wildman–Crippen MR) is 69.4 cm³/mol. The molecule has 1 unspecified atom stereocenters. The lowest BCUT2D eigenvalue weighted by Crippen LogP contribution is -2.47. The van der Waals surface area contributed by atoms with Gasteiger partial charge in [0.25, 0.3) is 0 Å². The number of aliphatic hydroxyl groups is 1. The Morgan fingerprint density at radius 2 is 1.82 bits per heavy atom. The van der Waals surface area contributed by atoms with E-state index in [1.54, 1.807) is 0 Å². The van der Waals surface area contributed by atoms with Crippen LogP contribution in [0.4, 0.5) is 0 Å². The summed E-state index contributed by atoms with van der Waals surface area (Å²) in [7, 11) is 0. The van der Waals surface area contributed by atoms with E-state index in [1.807, 2.05) is 37.3 Å². The maximum atomic E-state index is 10.4. The van der Waals surface area contributed by atoms with Gasteiger partial charge in [0.05, 0.1) is 0 Å². The van der Waals surface area contributed by atoms with E-state index in [2.05, 4.69) is 10.4 Å². The van der Waals surface area contributed by atoms with Gasteiger partial charge >= 0.3 is 0 Å². The lowest BCUT2D eigenvalue weighted by Gasteiger charge is -2.32. The minimum absolute atomic E-state index is 0.566. The Hall–Kier alpha value is -0.900. The fourth-order valence-electron chi connectivity index (χ4n) is 2.22. The lowest BCUT2D eigenvalue weighted by atomic mass is 9.96. The summed E-state index contributed by atoms with van der Waals surface area (Å²) in [5.74, 6) is 0. The van der Waals surface area contributed by atoms with Crippen molar-refractivity contribution in [3.05, 3.63) is 35.9 Å². The Kier molecular flexibility index (Phi) is 4.15. The van der Waals surface area contributed by atoms with Crippen LogP contribution in [0.1, 0.15) is 31.7 Å². The minimum atomic E-state index is -0.807. The molecule has 3 nitrogen and oxygen atoms in total. The van der Waals surface area contributed by atoms with Crippen molar-refractivity contribution in [1.82, 2.24) is 10.4 Å². The molecule has 1 fully saturated rings. The number of hydrogen-bond donors (Lipinski definition) is 2. The highest BCUT2D eigenvalue weighted by Gasteiger charge is 2.23. The van der Waals surface area contributed by atoms with E-state index in [-0.39, 0.29) is 0 Å². The molecule has 2 N–H and O–H groups in total. The highest BCUT2D eigenvalue weighted by Crippen LogP contribution is 2.19. The summed E-state index contributed by atoms with van der Waals surface area (Å²) in [4.78, 5) is 0. The second kappa shape index (κ2) is 5.63. The molecule has 0 aliphatic carbocycles. The predicted octanol–water partition coefficient (Wildman–Crippen LogP) is 1.88. The Morgan fingerprint density at radius 1 is 1.18 bits per heavy atom. The summed E-state index contributed by atoms with van der Waals surface area (Å²) in [5.41, 5.74) is 3.50. The first kappa shape index (κ1) is 12.6. The minimum Gasteiger partial charge on any atom is -0.384 e. The smallest absolute Gasteiger partial charge is 0.101 e. The van der Waals surface area contributed by atoms with E-state index >= 15 is 0 Å². The zero-order chi connectivity index (χ0) is 12.1. The lowest BCUT2D eigenvalue weighted by molar-refractivity contribution is 0.0240. The zero-order valence-electron chi connectivity index (χ0n) is 10.5. The van der Waals surface area contributed by atoms with Crippen molar-refractivity contribution in [2.24, 2.45) is 0 Å². The summed E-state index contributed by atoms with van der Waals surface area (Å²) in [6, 6.07) is 9.84. The zero-order valence-corrected chi connectivity index (χ0v) is 10.5. The van der Waals surface area contributed by atoms with E-state index in [4.69, 9.17) is 0 Å². The van der Waals surface area contributed by atoms with Gasteiger partial charge in [-0.15, -0.1) is 0 Å². The van der Waals surface area contributed by atoms with Crippen LogP contribution in [0.5, 0.6) is 0 Å². The number of piperidine rings is 1. The van der Waals surface area contributed by atoms with Gasteiger partial charge in [-0.25, -0.2) is 5.01 Å².